The Morgan fingerprint density at radius 3 is 2.25 bits per heavy atom. The number of carboxylic acid groups (broad SMARTS) is 1. The van der Waals surface area contributed by atoms with Gasteiger partial charge in [-0.3, -0.25) is 4.79 Å². The predicted octanol–water partition coefficient (Wildman–Crippen LogP) is 3.88. The Morgan fingerprint density at radius 1 is 0.964 bits per heavy atom. The number of hydrogen-bond acceptors (Lipinski definition) is 5. The van der Waals surface area contributed by atoms with Gasteiger partial charge in [0.25, 0.3) is 0 Å². The summed E-state index contributed by atoms with van der Waals surface area (Å²) < 4.78 is 22.0. The second kappa shape index (κ2) is 12.1. The van der Waals surface area contributed by atoms with Gasteiger partial charge in [0.05, 0.1) is 32.3 Å². The normalized spacial score (nSPS) is 13.1. The number of ether oxygens (including phenoxy) is 4. The van der Waals surface area contributed by atoms with E-state index in [2.05, 4.69) is 0 Å². The number of aliphatic carboxylic acids is 1. The Morgan fingerprint density at radius 2 is 1.61 bits per heavy atom. The van der Waals surface area contributed by atoms with Gasteiger partial charge in [-0.1, -0.05) is 42.5 Å². The molecule has 152 valence electrons. The summed E-state index contributed by atoms with van der Waals surface area (Å²) in [7, 11) is 1.62. The van der Waals surface area contributed by atoms with Crippen LogP contribution < -0.4 is 4.74 Å². The molecule has 0 heterocycles. The minimum absolute atomic E-state index is 0.0374. The number of hydrogen-bond donors (Lipinski definition) is 1. The first kappa shape index (κ1) is 21.9. The second-order valence-corrected chi connectivity index (χ2v) is 6.47. The van der Waals surface area contributed by atoms with E-state index in [1.54, 1.807) is 14.0 Å². The molecule has 0 aromatic heterocycles. The van der Waals surface area contributed by atoms with E-state index in [1.165, 1.54) is 0 Å². The maximum Gasteiger partial charge on any atom is 0.308 e. The molecule has 2 aromatic carbocycles. The van der Waals surface area contributed by atoms with Gasteiger partial charge in [-0.15, -0.1) is 0 Å². The highest BCUT2D eigenvalue weighted by molar-refractivity contribution is 5.70. The molecule has 0 saturated carbocycles. The lowest BCUT2D eigenvalue weighted by molar-refractivity contribution is -0.156. The van der Waals surface area contributed by atoms with Gasteiger partial charge in [0, 0.05) is 6.61 Å². The Labute approximate surface area is 166 Å². The molecule has 0 spiro atoms. The molecule has 2 atom stereocenters. The molecule has 0 fully saturated rings. The summed E-state index contributed by atoms with van der Waals surface area (Å²) in [6, 6.07) is 17.4. The summed E-state index contributed by atoms with van der Waals surface area (Å²) in [5, 5.41) is 9.30. The van der Waals surface area contributed by atoms with Gasteiger partial charge in [0.1, 0.15) is 12.5 Å². The molecule has 0 amide bonds. The van der Waals surface area contributed by atoms with Crippen molar-refractivity contribution in [2.75, 3.05) is 20.5 Å². The molecule has 0 bridgehead atoms. The largest absolute Gasteiger partial charge is 0.497 e. The molecule has 0 saturated heterocycles. The minimum atomic E-state index is -0.900. The van der Waals surface area contributed by atoms with E-state index >= 15 is 0 Å². The highest BCUT2D eigenvalue weighted by atomic mass is 16.7. The number of carbonyl (C=O) groups is 1. The van der Waals surface area contributed by atoms with E-state index in [-0.39, 0.29) is 6.79 Å². The maximum absolute atomic E-state index is 11.3. The van der Waals surface area contributed by atoms with Crippen molar-refractivity contribution in [1.29, 1.82) is 0 Å². The lowest BCUT2D eigenvalue weighted by Crippen LogP contribution is -2.30. The number of methoxy groups -OCH3 is 1. The van der Waals surface area contributed by atoms with Crippen LogP contribution in [-0.2, 0) is 32.2 Å². The van der Waals surface area contributed by atoms with E-state index in [9.17, 15) is 9.90 Å². The average molecular weight is 388 g/mol. The Balaban J connectivity index is 1.72. The van der Waals surface area contributed by atoms with Crippen LogP contribution in [0.25, 0.3) is 0 Å². The average Bonchev–Trinajstić information content (AvgIpc) is 2.73. The summed E-state index contributed by atoms with van der Waals surface area (Å²) in [6.45, 7) is 2.93. The van der Waals surface area contributed by atoms with Gasteiger partial charge in [-0.05, 0) is 36.6 Å². The fourth-order valence-electron chi connectivity index (χ4n) is 2.62. The lowest BCUT2D eigenvalue weighted by atomic mass is 10.0. The van der Waals surface area contributed by atoms with Crippen molar-refractivity contribution >= 4 is 5.97 Å². The van der Waals surface area contributed by atoms with Crippen LogP contribution in [0.5, 0.6) is 5.75 Å². The van der Waals surface area contributed by atoms with Gasteiger partial charge in [-0.25, -0.2) is 0 Å². The number of carboxylic acids is 1. The zero-order valence-electron chi connectivity index (χ0n) is 16.4. The molecule has 6 heteroatoms. The van der Waals surface area contributed by atoms with Gasteiger partial charge in [-0.2, -0.15) is 0 Å². The van der Waals surface area contributed by atoms with Crippen LogP contribution in [0.15, 0.2) is 54.6 Å². The highest BCUT2D eigenvalue weighted by Gasteiger charge is 2.24. The molecular formula is C22H28O6. The first-order valence-corrected chi connectivity index (χ1v) is 9.27. The van der Waals surface area contributed by atoms with E-state index < -0.39 is 18.0 Å². The van der Waals surface area contributed by atoms with Gasteiger partial charge < -0.3 is 24.1 Å². The first-order valence-electron chi connectivity index (χ1n) is 9.27. The van der Waals surface area contributed by atoms with Gasteiger partial charge in [0.15, 0.2) is 0 Å². The van der Waals surface area contributed by atoms with Gasteiger partial charge in [0.2, 0.25) is 0 Å². The second-order valence-electron chi connectivity index (χ2n) is 6.47. The summed E-state index contributed by atoms with van der Waals surface area (Å²) in [4.78, 5) is 11.3. The van der Waals surface area contributed by atoms with Crippen LogP contribution in [0, 0.1) is 5.92 Å². The van der Waals surface area contributed by atoms with Crippen LogP contribution in [0.2, 0.25) is 0 Å². The molecule has 0 aliphatic heterocycles. The zero-order valence-corrected chi connectivity index (χ0v) is 16.4. The molecule has 0 aliphatic carbocycles. The smallest absolute Gasteiger partial charge is 0.308 e. The SMILES string of the molecule is COc1ccc(COCC[C@H](OCOCc2ccccc2)[C@@H](C)C(=O)O)cc1. The fourth-order valence-corrected chi connectivity index (χ4v) is 2.62. The van der Waals surface area contributed by atoms with Crippen LogP contribution >= 0.6 is 0 Å². The standard InChI is InChI=1S/C22H28O6/c1-17(22(23)24)21(28-16-27-15-18-6-4-3-5-7-18)12-13-26-14-19-8-10-20(25-2)11-9-19/h3-11,17,21H,12-16H2,1-2H3,(H,23,24)/t17-,21+/m1/s1. The zero-order chi connectivity index (χ0) is 20.2. The van der Waals surface area contributed by atoms with Crippen molar-refractivity contribution in [3.8, 4) is 5.75 Å². The summed E-state index contributed by atoms with van der Waals surface area (Å²) in [6.07, 6.45) is -0.0117. The Kier molecular flexibility index (Phi) is 9.48. The Hall–Kier alpha value is -2.41. The fraction of sp³-hybridized carbons (Fsp3) is 0.409. The maximum atomic E-state index is 11.3. The number of benzene rings is 2. The minimum Gasteiger partial charge on any atom is -0.497 e. The molecule has 28 heavy (non-hydrogen) atoms. The molecule has 6 nitrogen and oxygen atoms in total. The molecule has 0 unspecified atom stereocenters. The molecule has 2 rings (SSSR count). The monoisotopic (exact) mass is 388 g/mol. The van der Waals surface area contributed by atoms with Crippen molar-refractivity contribution in [1.82, 2.24) is 0 Å². The van der Waals surface area contributed by atoms with Crippen molar-refractivity contribution in [2.45, 2.75) is 32.7 Å². The van der Waals surface area contributed by atoms with E-state index in [0.717, 1.165) is 16.9 Å². The van der Waals surface area contributed by atoms with Gasteiger partial charge >= 0.3 is 5.97 Å². The molecule has 1 N–H and O–H groups in total. The van der Waals surface area contributed by atoms with E-state index in [0.29, 0.717) is 26.2 Å². The molecule has 0 aliphatic rings. The van der Waals surface area contributed by atoms with Crippen molar-refractivity contribution in [3.63, 3.8) is 0 Å². The molecule has 2 aromatic rings. The van der Waals surface area contributed by atoms with Crippen molar-refractivity contribution < 1.29 is 28.8 Å². The van der Waals surface area contributed by atoms with Crippen LogP contribution in [0.3, 0.4) is 0 Å². The highest BCUT2D eigenvalue weighted by Crippen LogP contribution is 2.15. The predicted molar refractivity (Wildman–Crippen MR) is 105 cm³/mol. The summed E-state index contributed by atoms with van der Waals surface area (Å²) >= 11 is 0. The number of rotatable bonds is 13. The first-order chi connectivity index (χ1) is 13.6. The third-order valence-corrected chi connectivity index (χ3v) is 4.40. The molecule has 0 radical (unpaired) electrons. The molecular weight excluding hydrogens is 360 g/mol. The van der Waals surface area contributed by atoms with E-state index in [4.69, 9.17) is 18.9 Å². The summed E-state index contributed by atoms with van der Waals surface area (Å²) in [5.41, 5.74) is 2.06. The van der Waals surface area contributed by atoms with Crippen molar-refractivity contribution in [3.05, 3.63) is 65.7 Å². The topological polar surface area (TPSA) is 74.2 Å². The van der Waals surface area contributed by atoms with Crippen LogP contribution in [0.1, 0.15) is 24.5 Å². The lowest BCUT2D eigenvalue weighted by Gasteiger charge is -2.21. The Bertz CT molecular complexity index is 686. The third-order valence-electron chi connectivity index (χ3n) is 4.40. The van der Waals surface area contributed by atoms with E-state index in [1.807, 2.05) is 54.6 Å². The van der Waals surface area contributed by atoms with Crippen LogP contribution in [0.4, 0.5) is 0 Å². The van der Waals surface area contributed by atoms with Crippen molar-refractivity contribution in [2.24, 2.45) is 5.92 Å². The summed E-state index contributed by atoms with van der Waals surface area (Å²) in [5.74, 6) is -0.754. The van der Waals surface area contributed by atoms with Crippen LogP contribution in [-0.4, -0.2) is 37.7 Å². The quantitative estimate of drug-likeness (QED) is 0.415. The third kappa shape index (κ3) is 7.68.